The quantitative estimate of drug-likeness (QED) is 0.569. The number of methoxy groups -OCH3 is 2. The molecule has 1 aromatic rings. The minimum absolute atomic E-state index is 0.340. The van der Waals surface area contributed by atoms with E-state index >= 15 is 0 Å². The van der Waals surface area contributed by atoms with Gasteiger partial charge in [-0.25, -0.2) is 0 Å². The van der Waals surface area contributed by atoms with Crippen LogP contribution in [0.5, 0.6) is 0 Å². The van der Waals surface area contributed by atoms with Gasteiger partial charge in [-0.15, -0.1) is 5.06 Å². The molecule has 1 N–H and O–H groups in total. The Kier molecular flexibility index (Phi) is 5.91. The highest BCUT2D eigenvalue weighted by Crippen LogP contribution is 2.24. The van der Waals surface area contributed by atoms with Crippen molar-refractivity contribution < 1.29 is 24.2 Å². The molecular formula is C13H19NO5. The average Bonchev–Trinajstić information content (AvgIpc) is 2.43. The van der Waals surface area contributed by atoms with Gasteiger partial charge in [0.15, 0.2) is 0 Å². The zero-order valence-corrected chi connectivity index (χ0v) is 11.3. The van der Waals surface area contributed by atoms with Crippen molar-refractivity contribution in [2.45, 2.75) is 18.9 Å². The third-order valence-corrected chi connectivity index (χ3v) is 2.78. The number of carboxylic acid groups (broad SMARTS) is 1. The maximum absolute atomic E-state index is 11.0. The van der Waals surface area contributed by atoms with Gasteiger partial charge < -0.3 is 14.6 Å². The molecule has 6 nitrogen and oxygen atoms in total. The predicted molar refractivity (Wildman–Crippen MR) is 68.0 cm³/mol. The molecule has 0 aliphatic carbocycles. The van der Waals surface area contributed by atoms with E-state index in [0.29, 0.717) is 6.54 Å². The van der Waals surface area contributed by atoms with Crippen LogP contribution in [0.25, 0.3) is 0 Å². The van der Waals surface area contributed by atoms with Crippen molar-refractivity contribution in [1.82, 2.24) is 5.06 Å². The highest BCUT2D eigenvalue weighted by Gasteiger charge is 2.40. The number of carbonyl (C=O) groups is 1. The van der Waals surface area contributed by atoms with E-state index in [1.54, 1.807) is 0 Å². The molecule has 0 aromatic heterocycles. The molecule has 19 heavy (non-hydrogen) atoms. The van der Waals surface area contributed by atoms with Crippen molar-refractivity contribution >= 4 is 5.97 Å². The molecule has 0 unspecified atom stereocenters. The number of ether oxygens (including phenoxy) is 2. The van der Waals surface area contributed by atoms with Crippen LogP contribution < -0.4 is 0 Å². The molecule has 0 aliphatic rings. The maximum Gasteiger partial charge on any atom is 0.310 e. The highest BCUT2D eigenvalue weighted by molar-refractivity contribution is 5.67. The Morgan fingerprint density at radius 3 is 2.21 bits per heavy atom. The number of nitrogens with zero attached hydrogens (tertiary/aromatic N) is 1. The minimum Gasteiger partial charge on any atom is -0.481 e. The Morgan fingerprint density at radius 1 is 1.21 bits per heavy atom. The molecule has 0 fully saturated rings. The number of aliphatic carboxylic acids is 1. The van der Waals surface area contributed by atoms with Crippen LogP contribution in [0.3, 0.4) is 0 Å². The summed E-state index contributed by atoms with van der Waals surface area (Å²) < 4.78 is 10.4. The van der Waals surface area contributed by atoms with Crippen molar-refractivity contribution in [3.63, 3.8) is 0 Å². The van der Waals surface area contributed by atoms with Crippen LogP contribution in [0, 0.1) is 0 Å². The smallest absolute Gasteiger partial charge is 0.310 e. The summed E-state index contributed by atoms with van der Waals surface area (Å²) in [6.07, 6.45) is -0.360. The van der Waals surface area contributed by atoms with Crippen LogP contribution in [0.15, 0.2) is 30.3 Å². The van der Waals surface area contributed by atoms with Gasteiger partial charge >= 0.3 is 5.97 Å². The van der Waals surface area contributed by atoms with E-state index in [1.807, 2.05) is 30.3 Å². The number of hydrogen-bond acceptors (Lipinski definition) is 5. The fourth-order valence-electron chi connectivity index (χ4n) is 1.78. The minimum atomic E-state index is -1.46. The summed E-state index contributed by atoms with van der Waals surface area (Å²) in [4.78, 5) is 16.2. The zero-order chi connectivity index (χ0) is 14.3. The van der Waals surface area contributed by atoms with Crippen molar-refractivity contribution in [3.05, 3.63) is 35.9 Å². The first kappa shape index (κ1) is 15.6. The summed E-state index contributed by atoms with van der Waals surface area (Å²) in [5.41, 5.74) is 0.952. The Hall–Kier alpha value is -1.47. The normalized spacial score (nSPS) is 11.8. The van der Waals surface area contributed by atoms with Crippen LogP contribution in [-0.2, 0) is 25.7 Å². The zero-order valence-electron chi connectivity index (χ0n) is 11.3. The van der Waals surface area contributed by atoms with Gasteiger partial charge in [0.05, 0.1) is 13.7 Å². The summed E-state index contributed by atoms with van der Waals surface area (Å²) in [7, 11) is 4.20. The van der Waals surface area contributed by atoms with Gasteiger partial charge in [0, 0.05) is 14.2 Å². The lowest BCUT2D eigenvalue weighted by Gasteiger charge is -2.38. The van der Waals surface area contributed by atoms with Crippen molar-refractivity contribution in [2.75, 3.05) is 21.3 Å². The van der Waals surface area contributed by atoms with Crippen LogP contribution in [-0.4, -0.2) is 43.4 Å². The van der Waals surface area contributed by atoms with Crippen molar-refractivity contribution in [2.24, 2.45) is 0 Å². The van der Waals surface area contributed by atoms with Gasteiger partial charge in [-0.1, -0.05) is 30.3 Å². The lowest BCUT2D eigenvalue weighted by atomic mass is 10.2. The first-order chi connectivity index (χ1) is 9.07. The number of hydrogen-bond donors (Lipinski definition) is 1. The fourth-order valence-corrected chi connectivity index (χ4v) is 1.78. The van der Waals surface area contributed by atoms with E-state index < -0.39 is 11.9 Å². The monoisotopic (exact) mass is 269 g/mol. The fraction of sp³-hybridized carbons (Fsp3) is 0.462. The van der Waals surface area contributed by atoms with Crippen LogP contribution >= 0.6 is 0 Å². The van der Waals surface area contributed by atoms with Gasteiger partial charge in [-0.2, -0.15) is 0 Å². The second kappa shape index (κ2) is 7.20. The lowest BCUT2D eigenvalue weighted by Crippen LogP contribution is -2.52. The second-order valence-electron chi connectivity index (χ2n) is 3.90. The third-order valence-electron chi connectivity index (χ3n) is 2.78. The molecule has 0 spiro atoms. The average molecular weight is 269 g/mol. The van der Waals surface area contributed by atoms with Gasteiger partial charge in [-0.05, 0) is 5.56 Å². The molecule has 0 heterocycles. The first-order valence-electron chi connectivity index (χ1n) is 5.75. The molecule has 1 rings (SSSR count). The number of rotatable bonds is 8. The Bertz CT molecular complexity index is 391. The largest absolute Gasteiger partial charge is 0.481 e. The SMILES string of the molecule is CON(Cc1ccccc1)C(CC(=O)O)(OC)OC. The standard InChI is InChI=1S/C13H19NO5/c1-17-13(18-2,9-12(15)16)14(19-3)10-11-7-5-4-6-8-11/h4-8H,9-10H2,1-3H3,(H,15,16). The van der Waals surface area contributed by atoms with E-state index in [2.05, 4.69) is 0 Å². The maximum atomic E-state index is 11.0. The highest BCUT2D eigenvalue weighted by atomic mass is 16.8. The van der Waals surface area contributed by atoms with Gasteiger partial charge in [-0.3, -0.25) is 9.63 Å². The molecule has 0 saturated carbocycles. The molecule has 0 amide bonds. The molecule has 1 aromatic carbocycles. The summed E-state index contributed by atoms with van der Waals surface area (Å²) in [5.74, 6) is -2.50. The Labute approximate surface area is 112 Å². The summed E-state index contributed by atoms with van der Waals surface area (Å²) in [6.45, 7) is 0.340. The van der Waals surface area contributed by atoms with Crippen molar-refractivity contribution in [1.29, 1.82) is 0 Å². The number of carboxylic acids is 1. The van der Waals surface area contributed by atoms with Gasteiger partial charge in [0.25, 0.3) is 5.91 Å². The molecule has 0 radical (unpaired) electrons. The summed E-state index contributed by atoms with van der Waals surface area (Å²) >= 11 is 0. The molecule has 0 bridgehead atoms. The van der Waals surface area contributed by atoms with Crippen LogP contribution in [0.1, 0.15) is 12.0 Å². The summed E-state index contributed by atoms with van der Waals surface area (Å²) in [6, 6.07) is 9.49. The molecule has 0 atom stereocenters. The molecule has 0 saturated heterocycles. The topological polar surface area (TPSA) is 68.2 Å². The second-order valence-corrected chi connectivity index (χ2v) is 3.90. The molecule has 0 aliphatic heterocycles. The predicted octanol–water partition coefficient (Wildman–Crippen LogP) is 1.47. The lowest BCUT2D eigenvalue weighted by molar-refractivity contribution is -0.392. The Morgan fingerprint density at radius 2 is 1.79 bits per heavy atom. The van der Waals surface area contributed by atoms with E-state index in [1.165, 1.54) is 26.4 Å². The van der Waals surface area contributed by atoms with E-state index in [-0.39, 0.29) is 6.42 Å². The molecule has 6 heteroatoms. The van der Waals surface area contributed by atoms with Crippen LogP contribution in [0.2, 0.25) is 0 Å². The van der Waals surface area contributed by atoms with Crippen LogP contribution in [0.4, 0.5) is 0 Å². The van der Waals surface area contributed by atoms with E-state index in [4.69, 9.17) is 19.4 Å². The number of benzene rings is 1. The summed E-state index contributed by atoms with van der Waals surface area (Å²) in [5, 5.41) is 10.3. The molecular weight excluding hydrogens is 250 g/mol. The Balaban J connectivity index is 2.93. The number of hydroxylamine groups is 2. The molecule has 106 valence electrons. The van der Waals surface area contributed by atoms with E-state index in [9.17, 15) is 4.79 Å². The first-order valence-corrected chi connectivity index (χ1v) is 5.75. The third kappa shape index (κ3) is 4.00. The van der Waals surface area contributed by atoms with Crippen molar-refractivity contribution in [3.8, 4) is 0 Å². The van der Waals surface area contributed by atoms with Gasteiger partial charge in [0.2, 0.25) is 0 Å². The van der Waals surface area contributed by atoms with E-state index in [0.717, 1.165) is 5.56 Å². The van der Waals surface area contributed by atoms with Gasteiger partial charge in [0.1, 0.15) is 6.42 Å².